The minimum Gasteiger partial charge on any atom is -0.465 e. The predicted octanol–water partition coefficient (Wildman–Crippen LogP) is 1.49. The van der Waals surface area contributed by atoms with Crippen molar-refractivity contribution in [1.82, 2.24) is 0 Å². The van der Waals surface area contributed by atoms with Crippen LogP contribution >= 0.6 is 0 Å². The number of rotatable bonds is 8. The van der Waals surface area contributed by atoms with Gasteiger partial charge >= 0.3 is 5.97 Å². The number of ether oxygens (including phenoxy) is 1. The van der Waals surface area contributed by atoms with Crippen LogP contribution < -0.4 is 0 Å². The summed E-state index contributed by atoms with van der Waals surface area (Å²) in [7, 11) is -3.53. The first kappa shape index (κ1) is 16.2. The number of carbonyl (C=O) groups excluding carboxylic acids is 1. The normalized spacial score (nSPS) is 10.8. The molecule has 0 bridgehead atoms. The fraction of sp³-hybridized carbons (Fsp3) is 0.429. The van der Waals surface area contributed by atoms with Gasteiger partial charge in [-0.2, -0.15) is 5.26 Å². The molecule has 6 heteroatoms. The van der Waals surface area contributed by atoms with E-state index in [1.165, 1.54) is 0 Å². The minimum absolute atomic E-state index is 0.108. The lowest BCUT2D eigenvalue weighted by molar-refractivity contribution is -0.140. The average molecular weight is 295 g/mol. The Morgan fingerprint density at radius 2 is 1.95 bits per heavy atom. The highest BCUT2D eigenvalue weighted by Crippen LogP contribution is 2.03. The lowest BCUT2D eigenvalue weighted by Crippen LogP contribution is -2.21. The summed E-state index contributed by atoms with van der Waals surface area (Å²) in [4.78, 5) is 11.3. The van der Waals surface area contributed by atoms with E-state index in [-0.39, 0.29) is 18.8 Å². The van der Waals surface area contributed by atoms with Crippen LogP contribution in [0.5, 0.6) is 0 Å². The second-order valence-electron chi connectivity index (χ2n) is 4.31. The van der Waals surface area contributed by atoms with Gasteiger partial charge in [0.05, 0.1) is 18.4 Å². The largest absolute Gasteiger partial charge is 0.465 e. The highest BCUT2D eigenvalue weighted by molar-refractivity contribution is 7.92. The molecule has 0 N–H and O–H groups in total. The summed E-state index contributed by atoms with van der Waals surface area (Å²) in [6, 6.07) is 11.5. The highest BCUT2D eigenvalue weighted by Gasteiger charge is 2.17. The fourth-order valence-electron chi connectivity index (χ4n) is 1.60. The van der Waals surface area contributed by atoms with Gasteiger partial charge in [-0.15, -0.1) is 0 Å². The third-order valence-corrected chi connectivity index (χ3v) is 4.08. The zero-order valence-corrected chi connectivity index (χ0v) is 11.9. The molecule has 20 heavy (non-hydrogen) atoms. The number of benzene rings is 1. The van der Waals surface area contributed by atoms with E-state index in [9.17, 15) is 13.2 Å². The molecule has 0 unspecified atom stereocenters. The van der Waals surface area contributed by atoms with Crippen molar-refractivity contribution in [2.45, 2.75) is 19.3 Å². The number of nitriles is 1. The van der Waals surface area contributed by atoms with E-state index in [1.807, 2.05) is 30.3 Å². The Bertz CT molecular complexity index is 561. The lowest BCUT2D eigenvalue weighted by Gasteiger charge is -2.05. The van der Waals surface area contributed by atoms with E-state index >= 15 is 0 Å². The number of hydrogen-bond donors (Lipinski definition) is 0. The molecule has 108 valence electrons. The van der Waals surface area contributed by atoms with Gasteiger partial charge in [-0.05, 0) is 18.4 Å². The third-order valence-electron chi connectivity index (χ3n) is 2.58. The zero-order chi connectivity index (χ0) is 14.8. The molecule has 0 fully saturated rings. The van der Waals surface area contributed by atoms with Crippen LogP contribution in [0, 0.1) is 11.3 Å². The zero-order valence-electron chi connectivity index (χ0n) is 11.1. The van der Waals surface area contributed by atoms with Crippen molar-refractivity contribution in [3.63, 3.8) is 0 Å². The summed E-state index contributed by atoms with van der Waals surface area (Å²) in [5.41, 5.74) is 1.14. The standard InChI is InChI=1S/C14H17NO4S/c15-9-5-11-20(17,18)12-14(16)19-10-4-8-13-6-2-1-3-7-13/h1-3,6-7H,4-5,8,10-12H2. The number of aryl methyl sites for hydroxylation is 1. The average Bonchev–Trinajstić information content (AvgIpc) is 2.42. The van der Waals surface area contributed by atoms with Gasteiger partial charge in [0.25, 0.3) is 0 Å². The Kier molecular flexibility index (Phi) is 6.74. The van der Waals surface area contributed by atoms with Crippen LogP contribution in [0.25, 0.3) is 0 Å². The van der Waals surface area contributed by atoms with Gasteiger partial charge in [0.2, 0.25) is 0 Å². The summed E-state index contributed by atoms with van der Waals surface area (Å²) in [5.74, 6) is -1.71. The van der Waals surface area contributed by atoms with E-state index in [2.05, 4.69) is 0 Å². The minimum atomic E-state index is -3.53. The predicted molar refractivity (Wildman–Crippen MR) is 74.6 cm³/mol. The van der Waals surface area contributed by atoms with Crippen molar-refractivity contribution >= 4 is 15.8 Å². The highest BCUT2D eigenvalue weighted by atomic mass is 32.2. The molecule has 0 radical (unpaired) electrons. The first-order valence-electron chi connectivity index (χ1n) is 6.30. The van der Waals surface area contributed by atoms with E-state index in [4.69, 9.17) is 10.00 Å². The van der Waals surface area contributed by atoms with Crippen LogP contribution in [-0.4, -0.2) is 32.5 Å². The Balaban J connectivity index is 2.22. The van der Waals surface area contributed by atoms with Gasteiger partial charge in [0.15, 0.2) is 9.84 Å². The van der Waals surface area contributed by atoms with Crippen molar-refractivity contribution < 1.29 is 17.9 Å². The number of carbonyl (C=O) groups is 1. The molecule has 0 heterocycles. The maximum Gasteiger partial charge on any atom is 0.321 e. The van der Waals surface area contributed by atoms with E-state index in [0.29, 0.717) is 6.42 Å². The van der Waals surface area contributed by atoms with Crippen LogP contribution in [0.2, 0.25) is 0 Å². The second-order valence-corrected chi connectivity index (χ2v) is 6.49. The van der Waals surface area contributed by atoms with Gasteiger partial charge in [-0.3, -0.25) is 4.79 Å². The quantitative estimate of drug-likeness (QED) is 0.536. The molecule has 0 saturated heterocycles. The molecule has 1 aromatic carbocycles. The number of hydrogen-bond acceptors (Lipinski definition) is 5. The van der Waals surface area contributed by atoms with Crippen molar-refractivity contribution in [3.05, 3.63) is 35.9 Å². The Labute approximate surface area is 119 Å². The van der Waals surface area contributed by atoms with E-state index < -0.39 is 21.6 Å². The van der Waals surface area contributed by atoms with Gasteiger partial charge in [0, 0.05) is 6.42 Å². The third kappa shape index (κ3) is 6.90. The van der Waals surface area contributed by atoms with Crippen LogP contribution in [0.15, 0.2) is 30.3 Å². The first-order chi connectivity index (χ1) is 9.53. The molecule has 5 nitrogen and oxygen atoms in total. The summed E-state index contributed by atoms with van der Waals surface area (Å²) in [6.45, 7) is 0.196. The molecule has 0 saturated carbocycles. The van der Waals surface area contributed by atoms with Crippen molar-refractivity contribution in [1.29, 1.82) is 5.26 Å². The summed E-state index contributed by atoms with van der Waals surface area (Å²) < 4.78 is 27.7. The van der Waals surface area contributed by atoms with E-state index in [0.717, 1.165) is 12.0 Å². The van der Waals surface area contributed by atoms with Crippen molar-refractivity contribution in [2.75, 3.05) is 18.1 Å². The number of nitrogens with zero attached hydrogens (tertiary/aromatic N) is 1. The maximum atomic E-state index is 11.4. The summed E-state index contributed by atoms with van der Waals surface area (Å²) >= 11 is 0. The Morgan fingerprint density at radius 1 is 1.25 bits per heavy atom. The van der Waals surface area contributed by atoms with Crippen molar-refractivity contribution in [3.8, 4) is 6.07 Å². The SMILES string of the molecule is N#CCCS(=O)(=O)CC(=O)OCCCc1ccccc1. The maximum absolute atomic E-state index is 11.4. The molecule has 0 amide bonds. The molecule has 0 aliphatic heterocycles. The smallest absolute Gasteiger partial charge is 0.321 e. The van der Waals surface area contributed by atoms with Crippen molar-refractivity contribution in [2.24, 2.45) is 0 Å². The second kappa shape index (κ2) is 8.33. The number of sulfone groups is 1. The van der Waals surface area contributed by atoms with Gasteiger partial charge in [0.1, 0.15) is 5.75 Å². The molecule has 0 aliphatic rings. The molecule has 0 spiro atoms. The van der Waals surface area contributed by atoms with Crippen LogP contribution in [0.3, 0.4) is 0 Å². The van der Waals surface area contributed by atoms with Crippen LogP contribution in [-0.2, 0) is 25.8 Å². The topological polar surface area (TPSA) is 84.2 Å². The summed E-state index contributed by atoms with van der Waals surface area (Å²) in [6.07, 6.45) is 1.31. The molecular formula is C14H17NO4S. The number of esters is 1. The lowest BCUT2D eigenvalue weighted by atomic mass is 10.1. The van der Waals surface area contributed by atoms with Crippen LogP contribution in [0.4, 0.5) is 0 Å². The molecule has 1 rings (SSSR count). The first-order valence-corrected chi connectivity index (χ1v) is 8.12. The van der Waals surface area contributed by atoms with Gasteiger partial charge in [-0.25, -0.2) is 8.42 Å². The molecule has 0 atom stereocenters. The van der Waals surface area contributed by atoms with Gasteiger partial charge < -0.3 is 4.74 Å². The van der Waals surface area contributed by atoms with E-state index in [1.54, 1.807) is 6.07 Å². The summed E-state index contributed by atoms with van der Waals surface area (Å²) in [5, 5.41) is 8.31. The Morgan fingerprint density at radius 3 is 2.60 bits per heavy atom. The molecular weight excluding hydrogens is 278 g/mol. The van der Waals surface area contributed by atoms with Crippen LogP contribution in [0.1, 0.15) is 18.4 Å². The van der Waals surface area contributed by atoms with Gasteiger partial charge in [-0.1, -0.05) is 30.3 Å². The molecule has 1 aromatic rings. The molecule has 0 aromatic heterocycles. The molecule has 0 aliphatic carbocycles. The monoisotopic (exact) mass is 295 g/mol. The Hall–Kier alpha value is -1.87. The fourth-order valence-corrected chi connectivity index (χ4v) is 2.59.